The summed E-state index contributed by atoms with van der Waals surface area (Å²) in [6.07, 6.45) is 0.246. The Morgan fingerprint density at radius 1 is 1.20 bits per heavy atom. The van der Waals surface area contributed by atoms with Crippen LogP contribution < -0.4 is 14.8 Å². The second kappa shape index (κ2) is 7.85. The molecule has 0 radical (unpaired) electrons. The normalized spacial score (nSPS) is 10.5. The quantitative estimate of drug-likeness (QED) is 0.702. The molecule has 3 rings (SSSR count). The van der Waals surface area contributed by atoms with Gasteiger partial charge in [0.2, 0.25) is 5.91 Å². The van der Waals surface area contributed by atoms with Gasteiger partial charge in [0.1, 0.15) is 5.69 Å². The number of aromatic nitrogens is 1. The van der Waals surface area contributed by atoms with Gasteiger partial charge < -0.3 is 19.3 Å². The molecular formula is C18H18N2O4S. The van der Waals surface area contributed by atoms with Crippen LogP contribution in [0.25, 0.3) is 10.6 Å². The summed E-state index contributed by atoms with van der Waals surface area (Å²) < 4.78 is 15.7. The molecule has 0 aliphatic heterocycles. The molecule has 1 aromatic carbocycles. The molecule has 0 spiro atoms. The summed E-state index contributed by atoms with van der Waals surface area (Å²) in [5.74, 6) is 1.84. The van der Waals surface area contributed by atoms with Crippen molar-refractivity contribution in [3.8, 4) is 22.1 Å². The largest absolute Gasteiger partial charge is 0.493 e. The highest BCUT2D eigenvalue weighted by Gasteiger charge is 2.11. The molecule has 2 aromatic heterocycles. The number of ether oxygens (including phenoxy) is 2. The van der Waals surface area contributed by atoms with Crippen molar-refractivity contribution in [2.75, 3.05) is 14.2 Å². The maximum atomic E-state index is 12.1. The van der Waals surface area contributed by atoms with Gasteiger partial charge in [-0.25, -0.2) is 0 Å². The third-order valence-electron chi connectivity index (χ3n) is 3.60. The number of hydrogen-bond donors (Lipinski definition) is 1. The standard InChI is InChI=1S/C18H18N2O4S/c1-22-14-6-5-12(8-15(14)23-2)9-18(21)19-11-13-10-16(24-20-13)17-4-3-7-25-17/h3-8,10H,9,11H2,1-2H3,(H,19,21). The van der Waals surface area contributed by atoms with Crippen molar-refractivity contribution in [3.05, 3.63) is 53.0 Å². The van der Waals surface area contributed by atoms with Crippen LogP contribution in [-0.4, -0.2) is 25.3 Å². The van der Waals surface area contributed by atoms with Crippen molar-refractivity contribution in [2.24, 2.45) is 0 Å². The number of thiophene rings is 1. The van der Waals surface area contributed by atoms with Gasteiger partial charge in [-0.1, -0.05) is 17.3 Å². The predicted octanol–water partition coefficient (Wildman–Crippen LogP) is 3.28. The number of benzene rings is 1. The van der Waals surface area contributed by atoms with Gasteiger partial charge >= 0.3 is 0 Å². The number of methoxy groups -OCH3 is 2. The monoisotopic (exact) mass is 358 g/mol. The van der Waals surface area contributed by atoms with Gasteiger partial charge in [-0.15, -0.1) is 11.3 Å². The second-order valence-corrected chi connectivity index (χ2v) is 6.25. The highest BCUT2D eigenvalue weighted by molar-refractivity contribution is 7.13. The SMILES string of the molecule is COc1ccc(CC(=O)NCc2cc(-c3cccs3)on2)cc1OC. The predicted molar refractivity (Wildman–Crippen MR) is 94.9 cm³/mol. The van der Waals surface area contributed by atoms with Gasteiger partial charge in [0.25, 0.3) is 0 Å². The van der Waals surface area contributed by atoms with Gasteiger partial charge in [-0.2, -0.15) is 0 Å². The zero-order valence-electron chi connectivity index (χ0n) is 13.9. The molecule has 25 heavy (non-hydrogen) atoms. The molecule has 7 heteroatoms. The van der Waals surface area contributed by atoms with Crippen LogP contribution in [0.3, 0.4) is 0 Å². The number of nitrogens with zero attached hydrogens (tertiary/aromatic N) is 1. The summed E-state index contributed by atoms with van der Waals surface area (Å²) in [5, 5.41) is 8.80. The molecule has 0 saturated carbocycles. The average molecular weight is 358 g/mol. The topological polar surface area (TPSA) is 73.6 Å². The molecule has 0 atom stereocenters. The number of amides is 1. The van der Waals surface area contributed by atoms with Crippen LogP contribution in [0.2, 0.25) is 0 Å². The Labute approximate surface area is 149 Å². The van der Waals surface area contributed by atoms with Crippen LogP contribution in [0.5, 0.6) is 11.5 Å². The molecule has 2 heterocycles. The summed E-state index contributed by atoms with van der Waals surface area (Å²) in [5.41, 5.74) is 1.53. The van der Waals surface area contributed by atoms with E-state index in [0.717, 1.165) is 10.4 Å². The van der Waals surface area contributed by atoms with E-state index in [1.165, 1.54) is 0 Å². The van der Waals surface area contributed by atoms with E-state index in [1.807, 2.05) is 29.6 Å². The Morgan fingerprint density at radius 2 is 2.04 bits per heavy atom. The molecule has 0 fully saturated rings. The first-order valence-electron chi connectivity index (χ1n) is 7.66. The molecule has 0 bridgehead atoms. The molecule has 6 nitrogen and oxygen atoms in total. The van der Waals surface area contributed by atoms with Crippen LogP contribution >= 0.6 is 11.3 Å². The number of nitrogens with one attached hydrogen (secondary N) is 1. The fourth-order valence-electron chi connectivity index (χ4n) is 2.36. The fourth-order valence-corrected chi connectivity index (χ4v) is 3.03. The van der Waals surface area contributed by atoms with Gasteiger partial charge in [0, 0.05) is 6.07 Å². The van der Waals surface area contributed by atoms with E-state index in [9.17, 15) is 4.79 Å². The summed E-state index contributed by atoms with van der Waals surface area (Å²) in [4.78, 5) is 13.1. The minimum absolute atomic E-state index is 0.104. The average Bonchev–Trinajstić information content (AvgIpc) is 3.31. The Balaban J connectivity index is 1.56. The van der Waals surface area contributed by atoms with E-state index in [-0.39, 0.29) is 12.3 Å². The highest BCUT2D eigenvalue weighted by Crippen LogP contribution is 2.28. The third-order valence-corrected chi connectivity index (χ3v) is 4.49. The second-order valence-electron chi connectivity index (χ2n) is 5.30. The molecule has 0 aliphatic rings. The van der Waals surface area contributed by atoms with E-state index in [0.29, 0.717) is 29.5 Å². The molecule has 130 valence electrons. The Kier molecular flexibility index (Phi) is 5.35. The molecule has 0 unspecified atom stereocenters. The van der Waals surface area contributed by atoms with Crippen molar-refractivity contribution in [3.63, 3.8) is 0 Å². The zero-order valence-corrected chi connectivity index (χ0v) is 14.8. The Hall–Kier alpha value is -2.80. The lowest BCUT2D eigenvalue weighted by atomic mass is 10.1. The number of carbonyl (C=O) groups is 1. The first kappa shape index (κ1) is 17.0. The maximum Gasteiger partial charge on any atom is 0.224 e. The van der Waals surface area contributed by atoms with Gasteiger partial charge in [0.15, 0.2) is 17.3 Å². The van der Waals surface area contributed by atoms with Gasteiger partial charge in [-0.05, 0) is 29.1 Å². The van der Waals surface area contributed by atoms with Crippen LogP contribution in [0.1, 0.15) is 11.3 Å². The lowest BCUT2D eigenvalue weighted by molar-refractivity contribution is -0.120. The molecule has 0 aliphatic carbocycles. The first-order valence-corrected chi connectivity index (χ1v) is 8.54. The smallest absolute Gasteiger partial charge is 0.224 e. The van der Waals surface area contributed by atoms with Gasteiger partial charge in [0.05, 0.1) is 32.1 Å². The van der Waals surface area contributed by atoms with Crippen molar-refractivity contribution in [2.45, 2.75) is 13.0 Å². The van der Waals surface area contributed by atoms with E-state index in [2.05, 4.69) is 10.5 Å². The van der Waals surface area contributed by atoms with E-state index in [4.69, 9.17) is 14.0 Å². The summed E-state index contributed by atoms with van der Waals surface area (Å²) in [6, 6.07) is 11.2. The highest BCUT2D eigenvalue weighted by atomic mass is 32.1. The van der Waals surface area contributed by atoms with Crippen molar-refractivity contribution >= 4 is 17.2 Å². The third kappa shape index (κ3) is 4.19. The molecule has 1 N–H and O–H groups in total. The Bertz CT molecular complexity index is 843. The number of rotatable bonds is 7. The minimum atomic E-state index is -0.104. The molecule has 1 amide bonds. The van der Waals surface area contributed by atoms with Crippen molar-refractivity contribution in [1.82, 2.24) is 10.5 Å². The molecule has 3 aromatic rings. The van der Waals surface area contributed by atoms with Crippen molar-refractivity contribution < 1.29 is 18.8 Å². The minimum Gasteiger partial charge on any atom is -0.493 e. The van der Waals surface area contributed by atoms with E-state index >= 15 is 0 Å². The van der Waals surface area contributed by atoms with Crippen LogP contribution in [-0.2, 0) is 17.8 Å². The Morgan fingerprint density at radius 3 is 2.76 bits per heavy atom. The van der Waals surface area contributed by atoms with E-state index < -0.39 is 0 Å². The van der Waals surface area contributed by atoms with Crippen LogP contribution in [0, 0.1) is 0 Å². The number of hydrogen-bond acceptors (Lipinski definition) is 6. The summed E-state index contributed by atoms with van der Waals surface area (Å²) in [6.45, 7) is 0.320. The first-order chi connectivity index (χ1) is 12.2. The molecule has 0 saturated heterocycles. The fraction of sp³-hybridized carbons (Fsp3) is 0.222. The summed E-state index contributed by atoms with van der Waals surface area (Å²) >= 11 is 1.58. The van der Waals surface area contributed by atoms with Gasteiger partial charge in [-0.3, -0.25) is 4.79 Å². The zero-order chi connectivity index (χ0) is 17.6. The van der Waals surface area contributed by atoms with E-state index in [1.54, 1.807) is 37.7 Å². The summed E-state index contributed by atoms with van der Waals surface area (Å²) in [7, 11) is 3.14. The van der Waals surface area contributed by atoms with Crippen LogP contribution in [0.4, 0.5) is 0 Å². The maximum absolute atomic E-state index is 12.1. The lowest BCUT2D eigenvalue weighted by Crippen LogP contribution is -2.24. The molecular weight excluding hydrogens is 340 g/mol. The lowest BCUT2D eigenvalue weighted by Gasteiger charge is -2.09. The number of carbonyl (C=O) groups excluding carboxylic acids is 1. The van der Waals surface area contributed by atoms with Crippen LogP contribution in [0.15, 0.2) is 46.3 Å². The van der Waals surface area contributed by atoms with Crippen molar-refractivity contribution in [1.29, 1.82) is 0 Å².